The van der Waals surface area contributed by atoms with Gasteiger partial charge in [-0.2, -0.15) is 0 Å². The van der Waals surface area contributed by atoms with E-state index in [2.05, 4.69) is 6.92 Å². The van der Waals surface area contributed by atoms with Gasteiger partial charge < -0.3 is 0 Å². The Morgan fingerprint density at radius 3 is 2.20 bits per heavy atom. The molecule has 1 radical (unpaired) electrons. The van der Waals surface area contributed by atoms with Gasteiger partial charge >= 0.3 is 0 Å². The lowest BCUT2D eigenvalue weighted by Crippen LogP contribution is -2.18. The lowest BCUT2D eigenvalue weighted by Gasteiger charge is -2.16. The second kappa shape index (κ2) is 4.42. The lowest BCUT2D eigenvalue weighted by atomic mass is 9.94. The molecule has 0 aliphatic carbocycles. The summed E-state index contributed by atoms with van der Waals surface area (Å²) < 4.78 is 24.1. The van der Waals surface area contributed by atoms with Crippen molar-refractivity contribution in [2.45, 2.75) is 13.3 Å². The zero-order valence-electron chi connectivity index (χ0n) is 6.24. The Morgan fingerprint density at radius 1 is 1.40 bits per heavy atom. The lowest BCUT2D eigenvalue weighted by molar-refractivity contribution is 0.230. The second-order valence-corrected chi connectivity index (χ2v) is 2.61. The zero-order valence-corrected chi connectivity index (χ0v) is 6.24. The molecule has 0 atom stereocenters. The van der Waals surface area contributed by atoms with Crippen LogP contribution in [0.25, 0.3) is 0 Å². The average molecular weight is 147 g/mol. The van der Waals surface area contributed by atoms with E-state index in [4.69, 9.17) is 0 Å². The topological polar surface area (TPSA) is 0 Å². The fraction of sp³-hybridized carbons (Fsp3) is 0.625. The van der Waals surface area contributed by atoms with E-state index in [1.807, 2.05) is 0 Å². The van der Waals surface area contributed by atoms with Crippen molar-refractivity contribution < 1.29 is 8.78 Å². The highest BCUT2D eigenvalue weighted by atomic mass is 19.1. The van der Waals surface area contributed by atoms with Gasteiger partial charge in [-0.3, -0.25) is 8.78 Å². The third-order valence-electron chi connectivity index (χ3n) is 1.30. The number of alkyl halides is 2. The van der Waals surface area contributed by atoms with E-state index in [9.17, 15) is 8.78 Å². The van der Waals surface area contributed by atoms with Crippen molar-refractivity contribution in [3.8, 4) is 0 Å². The second-order valence-electron chi connectivity index (χ2n) is 2.61. The summed E-state index contributed by atoms with van der Waals surface area (Å²) in [5, 5.41) is 0. The fourth-order valence-electron chi connectivity index (χ4n) is 0.493. The van der Waals surface area contributed by atoms with Crippen LogP contribution in [0.5, 0.6) is 0 Å². The quantitative estimate of drug-likeness (QED) is 0.536. The summed E-state index contributed by atoms with van der Waals surface area (Å²) in [6.07, 6.45) is 3.80. The van der Waals surface area contributed by atoms with Crippen LogP contribution in [-0.4, -0.2) is 13.3 Å². The largest absolute Gasteiger partial charge is 0.250 e. The highest BCUT2D eigenvalue weighted by molar-refractivity contribution is 4.97. The SMILES string of the molecule is [CH2]C/C=C/C(C)(CF)CF. The van der Waals surface area contributed by atoms with Crippen LogP contribution in [0.15, 0.2) is 12.2 Å². The van der Waals surface area contributed by atoms with E-state index in [0.717, 1.165) is 0 Å². The van der Waals surface area contributed by atoms with Gasteiger partial charge in [0.2, 0.25) is 0 Å². The minimum Gasteiger partial charge on any atom is -0.250 e. The summed E-state index contributed by atoms with van der Waals surface area (Å²) in [5.74, 6) is 0. The van der Waals surface area contributed by atoms with Gasteiger partial charge in [0.15, 0.2) is 0 Å². The highest BCUT2D eigenvalue weighted by Crippen LogP contribution is 2.19. The Bertz CT molecular complexity index is 104. The number of rotatable bonds is 4. The van der Waals surface area contributed by atoms with Gasteiger partial charge in [0.05, 0.1) is 0 Å². The van der Waals surface area contributed by atoms with E-state index in [1.165, 1.54) is 0 Å². The van der Waals surface area contributed by atoms with Gasteiger partial charge in [-0.25, -0.2) is 0 Å². The summed E-state index contributed by atoms with van der Waals surface area (Å²) in [4.78, 5) is 0. The number of allylic oxidation sites excluding steroid dienone is 2. The van der Waals surface area contributed by atoms with Crippen LogP contribution in [0.1, 0.15) is 13.3 Å². The van der Waals surface area contributed by atoms with Crippen LogP contribution < -0.4 is 0 Å². The molecule has 0 rings (SSSR count). The van der Waals surface area contributed by atoms with Crippen LogP contribution >= 0.6 is 0 Å². The Morgan fingerprint density at radius 2 is 1.90 bits per heavy atom. The highest BCUT2D eigenvalue weighted by Gasteiger charge is 2.19. The van der Waals surface area contributed by atoms with Crippen LogP contribution in [-0.2, 0) is 0 Å². The monoisotopic (exact) mass is 147 g/mol. The molecule has 0 aromatic rings. The Kier molecular flexibility index (Phi) is 4.24. The molecule has 0 N–H and O–H groups in total. The van der Waals surface area contributed by atoms with Crippen molar-refractivity contribution in [2.75, 3.05) is 13.3 Å². The predicted molar refractivity (Wildman–Crippen MR) is 39.2 cm³/mol. The molecule has 0 amide bonds. The maximum atomic E-state index is 12.1. The van der Waals surface area contributed by atoms with Gasteiger partial charge in [0.25, 0.3) is 0 Å². The van der Waals surface area contributed by atoms with Crippen molar-refractivity contribution in [3.05, 3.63) is 19.1 Å². The maximum Gasteiger partial charge on any atom is 0.101 e. The normalized spacial score (nSPS) is 12.8. The summed E-state index contributed by atoms with van der Waals surface area (Å²) in [6.45, 7) is 3.76. The summed E-state index contributed by atoms with van der Waals surface area (Å²) in [7, 11) is 0. The first-order valence-corrected chi connectivity index (χ1v) is 3.27. The number of halogens is 2. The van der Waals surface area contributed by atoms with Gasteiger partial charge in [-0.15, -0.1) is 0 Å². The number of hydrogen-bond acceptors (Lipinski definition) is 0. The average Bonchev–Trinajstić information content (AvgIpc) is 2.00. The zero-order chi connectivity index (χ0) is 8.04. The third-order valence-corrected chi connectivity index (χ3v) is 1.30. The van der Waals surface area contributed by atoms with E-state index in [-0.39, 0.29) is 0 Å². The molecule has 2 heteroatoms. The first-order valence-electron chi connectivity index (χ1n) is 3.27. The van der Waals surface area contributed by atoms with Crippen molar-refractivity contribution in [3.63, 3.8) is 0 Å². The summed E-state index contributed by atoms with van der Waals surface area (Å²) >= 11 is 0. The minimum atomic E-state index is -0.919. The van der Waals surface area contributed by atoms with Gasteiger partial charge in [0.1, 0.15) is 13.3 Å². The minimum absolute atomic E-state index is 0.579. The third kappa shape index (κ3) is 2.95. The van der Waals surface area contributed by atoms with Gasteiger partial charge in [0, 0.05) is 5.41 Å². The Balaban J connectivity index is 3.92. The molecule has 0 nitrogen and oxygen atoms in total. The van der Waals surface area contributed by atoms with Crippen molar-refractivity contribution in [2.24, 2.45) is 5.41 Å². The summed E-state index contributed by atoms with van der Waals surface area (Å²) in [6, 6.07) is 0. The number of hydrogen-bond donors (Lipinski definition) is 0. The van der Waals surface area contributed by atoms with Crippen LogP contribution in [0.3, 0.4) is 0 Å². The standard InChI is InChI=1S/C8H13F2/c1-3-4-5-8(2,6-9)7-10/h4-5H,1,3,6-7H2,2H3/b5-4+. The molecule has 59 valence electrons. The molecule has 0 spiro atoms. The van der Waals surface area contributed by atoms with Crippen molar-refractivity contribution in [1.29, 1.82) is 0 Å². The molecular weight excluding hydrogens is 134 g/mol. The molecular formula is C8H13F2. The molecule has 0 saturated heterocycles. The molecule has 0 aromatic heterocycles. The van der Waals surface area contributed by atoms with Crippen LogP contribution in [0, 0.1) is 12.3 Å². The molecule has 0 fully saturated rings. The van der Waals surface area contributed by atoms with E-state index in [0.29, 0.717) is 6.42 Å². The molecule has 0 saturated carbocycles. The van der Waals surface area contributed by atoms with Crippen LogP contribution in [0.4, 0.5) is 8.78 Å². The Labute approximate surface area is 60.9 Å². The van der Waals surface area contributed by atoms with E-state index >= 15 is 0 Å². The van der Waals surface area contributed by atoms with Crippen molar-refractivity contribution in [1.82, 2.24) is 0 Å². The molecule has 0 bridgehead atoms. The van der Waals surface area contributed by atoms with E-state index in [1.54, 1.807) is 19.1 Å². The van der Waals surface area contributed by atoms with Crippen LogP contribution in [0.2, 0.25) is 0 Å². The summed E-state index contributed by atoms with van der Waals surface area (Å²) in [5.41, 5.74) is -0.919. The first-order chi connectivity index (χ1) is 4.68. The fourth-order valence-corrected chi connectivity index (χ4v) is 0.493. The van der Waals surface area contributed by atoms with Gasteiger partial charge in [-0.1, -0.05) is 19.1 Å². The maximum absolute atomic E-state index is 12.1. The van der Waals surface area contributed by atoms with E-state index < -0.39 is 18.8 Å². The first kappa shape index (κ1) is 9.60. The predicted octanol–water partition coefficient (Wildman–Crippen LogP) is 2.71. The van der Waals surface area contributed by atoms with Gasteiger partial charge in [-0.05, 0) is 13.3 Å². The molecule has 0 aliphatic rings. The molecule has 0 aromatic carbocycles. The molecule has 10 heavy (non-hydrogen) atoms. The molecule has 0 aliphatic heterocycles. The molecule has 0 unspecified atom stereocenters. The smallest absolute Gasteiger partial charge is 0.101 e. The Hall–Kier alpha value is -0.400. The van der Waals surface area contributed by atoms with Crippen molar-refractivity contribution >= 4 is 0 Å². The molecule has 0 heterocycles.